The van der Waals surface area contributed by atoms with Crippen molar-refractivity contribution in [2.24, 2.45) is 5.84 Å². The molecule has 2 aromatic rings. The molecule has 0 radical (unpaired) electrons. The maximum Gasteiger partial charge on any atom is 0.328 e. The zero-order valence-corrected chi connectivity index (χ0v) is 9.74. The minimum atomic E-state index is -0.549. The van der Waals surface area contributed by atoms with Crippen molar-refractivity contribution in [1.29, 1.82) is 0 Å². The van der Waals surface area contributed by atoms with E-state index in [-0.39, 0.29) is 12.2 Å². The minimum absolute atomic E-state index is 0.0799. The van der Waals surface area contributed by atoms with E-state index in [0.717, 1.165) is 0 Å². The second kappa shape index (κ2) is 5.27. The Hall–Kier alpha value is -2.75. The molecule has 0 unspecified atom stereocenters. The van der Waals surface area contributed by atoms with Gasteiger partial charge in [0.25, 0.3) is 11.5 Å². The number of aromatic nitrogens is 5. The van der Waals surface area contributed by atoms with Crippen molar-refractivity contribution >= 4 is 5.91 Å². The number of carbonyl (C=O) groups is 1. The third kappa shape index (κ3) is 2.93. The standard InChI is InChI=1S/C9H11N7O3/c10-12-8(18)6-5-16(14-13-6)4-3-15-2-1-7(17)11-9(15)19/h1-2,5H,3-4,10H2,(H,12,18)(H,11,17,19). The molecule has 0 aliphatic heterocycles. The van der Waals surface area contributed by atoms with Gasteiger partial charge in [-0.3, -0.25) is 24.6 Å². The first-order chi connectivity index (χ1) is 9.10. The lowest BCUT2D eigenvalue weighted by atomic mass is 10.4. The van der Waals surface area contributed by atoms with Gasteiger partial charge in [0.15, 0.2) is 5.69 Å². The number of aryl methyl sites for hydroxylation is 2. The lowest BCUT2D eigenvalue weighted by molar-refractivity contribution is 0.0948. The molecule has 0 aromatic carbocycles. The van der Waals surface area contributed by atoms with Crippen LogP contribution in [0.4, 0.5) is 0 Å². The molecular formula is C9H11N7O3. The van der Waals surface area contributed by atoms with Crippen molar-refractivity contribution in [1.82, 2.24) is 30.0 Å². The van der Waals surface area contributed by atoms with E-state index in [9.17, 15) is 14.4 Å². The molecule has 4 N–H and O–H groups in total. The lowest BCUT2D eigenvalue weighted by Gasteiger charge is -2.03. The first-order valence-electron chi connectivity index (χ1n) is 5.31. The van der Waals surface area contributed by atoms with Gasteiger partial charge in [0.1, 0.15) is 0 Å². The van der Waals surface area contributed by atoms with Crippen LogP contribution in [0, 0.1) is 0 Å². The number of hydrazine groups is 1. The summed E-state index contributed by atoms with van der Waals surface area (Å²) in [6, 6.07) is 1.25. The van der Waals surface area contributed by atoms with Crippen LogP contribution in [-0.4, -0.2) is 30.5 Å². The number of nitrogen functional groups attached to an aromatic ring is 1. The number of nitrogens with two attached hydrogens (primary N) is 1. The van der Waals surface area contributed by atoms with E-state index in [2.05, 4.69) is 15.3 Å². The molecule has 2 rings (SSSR count). The Bertz CT molecular complexity index is 698. The van der Waals surface area contributed by atoms with E-state index in [1.165, 1.54) is 27.7 Å². The van der Waals surface area contributed by atoms with Crippen molar-refractivity contribution in [2.75, 3.05) is 0 Å². The summed E-state index contributed by atoms with van der Waals surface area (Å²) in [5.74, 6) is 4.41. The van der Waals surface area contributed by atoms with Crippen molar-refractivity contribution in [2.45, 2.75) is 13.1 Å². The first-order valence-corrected chi connectivity index (χ1v) is 5.31. The van der Waals surface area contributed by atoms with Crippen LogP contribution < -0.4 is 22.5 Å². The Morgan fingerprint density at radius 2 is 2.21 bits per heavy atom. The Morgan fingerprint density at radius 3 is 2.89 bits per heavy atom. The number of aromatic amines is 1. The van der Waals surface area contributed by atoms with Crippen LogP contribution in [-0.2, 0) is 13.1 Å². The normalized spacial score (nSPS) is 10.4. The Morgan fingerprint density at radius 1 is 1.42 bits per heavy atom. The molecule has 100 valence electrons. The molecule has 0 spiro atoms. The Balaban J connectivity index is 2.06. The predicted molar refractivity (Wildman–Crippen MR) is 63.0 cm³/mol. The third-order valence-corrected chi connectivity index (χ3v) is 2.37. The fourth-order valence-corrected chi connectivity index (χ4v) is 1.42. The number of amides is 1. The Labute approximate surface area is 105 Å². The quantitative estimate of drug-likeness (QED) is 0.315. The monoisotopic (exact) mass is 265 g/mol. The summed E-state index contributed by atoms with van der Waals surface area (Å²) in [5, 5.41) is 7.32. The molecule has 0 aliphatic carbocycles. The van der Waals surface area contributed by atoms with Gasteiger partial charge in [0, 0.05) is 18.8 Å². The molecule has 0 saturated heterocycles. The highest BCUT2D eigenvalue weighted by atomic mass is 16.2. The summed E-state index contributed by atoms with van der Waals surface area (Å²) in [5.41, 5.74) is 1.05. The largest absolute Gasteiger partial charge is 0.328 e. The maximum atomic E-state index is 11.4. The fourth-order valence-electron chi connectivity index (χ4n) is 1.42. The van der Waals surface area contributed by atoms with Crippen LogP contribution in [0.25, 0.3) is 0 Å². The molecule has 0 saturated carbocycles. The number of carbonyl (C=O) groups excluding carboxylic acids is 1. The molecule has 1 amide bonds. The molecular weight excluding hydrogens is 254 g/mol. The average molecular weight is 265 g/mol. The van der Waals surface area contributed by atoms with E-state index in [1.807, 2.05) is 5.43 Å². The van der Waals surface area contributed by atoms with Gasteiger partial charge in [-0.25, -0.2) is 15.3 Å². The topological polar surface area (TPSA) is 141 Å². The van der Waals surface area contributed by atoms with Gasteiger partial charge < -0.3 is 0 Å². The SMILES string of the molecule is NNC(=O)c1cn(CCn2ccc(=O)[nH]c2=O)nn1. The lowest BCUT2D eigenvalue weighted by Crippen LogP contribution is -2.30. The molecule has 0 aliphatic rings. The molecule has 0 atom stereocenters. The zero-order chi connectivity index (χ0) is 13.8. The zero-order valence-electron chi connectivity index (χ0n) is 9.74. The van der Waals surface area contributed by atoms with Crippen molar-refractivity contribution in [3.8, 4) is 0 Å². The molecule has 19 heavy (non-hydrogen) atoms. The first kappa shape index (κ1) is 12.7. The minimum Gasteiger partial charge on any atom is -0.299 e. The summed E-state index contributed by atoms with van der Waals surface area (Å²) in [7, 11) is 0. The van der Waals surface area contributed by atoms with Gasteiger partial charge in [-0.1, -0.05) is 5.21 Å². The van der Waals surface area contributed by atoms with E-state index in [0.29, 0.717) is 6.54 Å². The molecule has 2 heterocycles. The van der Waals surface area contributed by atoms with Crippen molar-refractivity contribution < 1.29 is 4.79 Å². The van der Waals surface area contributed by atoms with Gasteiger partial charge >= 0.3 is 5.69 Å². The third-order valence-electron chi connectivity index (χ3n) is 2.37. The number of hydrogen-bond acceptors (Lipinski definition) is 6. The molecule has 10 heteroatoms. The number of nitrogens with one attached hydrogen (secondary N) is 2. The summed E-state index contributed by atoms with van der Waals surface area (Å²) in [6.45, 7) is 0.597. The maximum absolute atomic E-state index is 11.4. The second-order valence-corrected chi connectivity index (χ2v) is 3.64. The smallest absolute Gasteiger partial charge is 0.299 e. The van der Waals surface area contributed by atoms with Crippen molar-refractivity contribution in [3.63, 3.8) is 0 Å². The van der Waals surface area contributed by atoms with Crippen LogP contribution in [0.15, 0.2) is 28.0 Å². The van der Waals surface area contributed by atoms with E-state index >= 15 is 0 Å². The number of H-pyrrole nitrogens is 1. The van der Waals surface area contributed by atoms with E-state index < -0.39 is 17.2 Å². The highest BCUT2D eigenvalue weighted by molar-refractivity contribution is 5.91. The molecule has 10 nitrogen and oxygen atoms in total. The van der Waals surface area contributed by atoms with Crippen LogP contribution in [0.5, 0.6) is 0 Å². The van der Waals surface area contributed by atoms with Gasteiger partial charge in [-0.15, -0.1) is 5.10 Å². The van der Waals surface area contributed by atoms with E-state index in [1.54, 1.807) is 0 Å². The second-order valence-electron chi connectivity index (χ2n) is 3.64. The average Bonchev–Trinajstić information content (AvgIpc) is 2.85. The Kier molecular flexibility index (Phi) is 3.52. The predicted octanol–water partition coefficient (Wildman–Crippen LogP) is -2.57. The highest BCUT2D eigenvalue weighted by Crippen LogP contribution is 1.93. The molecule has 0 fully saturated rings. The van der Waals surface area contributed by atoms with Crippen LogP contribution in [0.3, 0.4) is 0 Å². The van der Waals surface area contributed by atoms with Gasteiger partial charge in [-0.2, -0.15) is 0 Å². The van der Waals surface area contributed by atoms with Crippen molar-refractivity contribution in [3.05, 3.63) is 45.0 Å². The van der Waals surface area contributed by atoms with Crippen LogP contribution >= 0.6 is 0 Å². The molecule has 0 bridgehead atoms. The number of rotatable bonds is 4. The summed E-state index contributed by atoms with van der Waals surface area (Å²) < 4.78 is 2.70. The summed E-state index contributed by atoms with van der Waals surface area (Å²) in [4.78, 5) is 35.6. The summed E-state index contributed by atoms with van der Waals surface area (Å²) in [6.07, 6.45) is 2.78. The summed E-state index contributed by atoms with van der Waals surface area (Å²) >= 11 is 0. The van der Waals surface area contributed by atoms with E-state index in [4.69, 9.17) is 5.84 Å². The van der Waals surface area contributed by atoms with Gasteiger partial charge in [0.2, 0.25) is 0 Å². The van der Waals surface area contributed by atoms with Gasteiger partial charge in [-0.05, 0) is 0 Å². The van der Waals surface area contributed by atoms with Crippen LogP contribution in [0.2, 0.25) is 0 Å². The molecule has 2 aromatic heterocycles. The van der Waals surface area contributed by atoms with Gasteiger partial charge in [0.05, 0.1) is 12.7 Å². The number of hydrogen-bond donors (Lipinski definition) is 3. The van der Waals surface area contributed by atoms with Crippen LogP contribution in [0.1, 0.15) is 10.5 Å². The number of nitrogens with zero attached hydrogens (tertiary/aromatic N) is 4. The fraction of sp³-hybridized carbons (Fsp3) is 0.222. The highest BCUT2D eigenvalue weighted by Gasteiger charge is 2.08.